The maximum atomic E-state index is 15.5. The van der Waals surface area contributed by atoms with E-state index in [1.54, 1.807) is 6.92 Å². The summed E-state index contributed by atoms with van der Waals surface area (Å²) in [6, 6.07) is 0. The number of carbonyl (C=O) groups excluding carboxylic acids is 1. The molecule has 540 valence electrons. The van der Waals surface area contributed by atoms with Crippen molar-refractivity contribution in [3.8, 4) is 0 Å². The molecule has 0 amide bonds. The van der Waals surface area contributed by atoms with Gasteiger partial charge in [-0.15, -0.1) is 0 Å². The van der Waals surface area contributed by atoms with E-state index in [4.69, 9.17) is 56.8 Å². The first-order chi connectivity index (χ1) is 44.0. The van der Waals surface area contributed by atoms with Crippen LogP contribution in [0.2, 0.25) is 0 Å². The van der Waals surface area contributed by atoms with Crippen LogP contribution >= 0.6 is 0 Å². The third-order valence-corrected chi connectivity index (χ3v) is 24.5. The smallest absolute Gasteiger partial charge is 0.315 e. The minimum atomic E-state index is -2.13. The molecule has 6 saturated heterocycles. The van der Waals surface area contributed by atoms with Crippen LogP contribution in [0, 0.1) is 50.2 Å². The number of hydrogen-bond acceptors (Lipinski definition) is 31. The highest BCUT2D eigenvalue weighted by atomic mass is 16.8. The second-order valence-corrected chi connectivity index (χ2v) is 30.8. The van der Waals surface area contributed by atoms with Crippen molar-refractivity contribution in [2.45, 2.75) is 284 Å². The molecule has 0 aromatic rings. The lowest BCUT2D eigenvalue weighted by molar-refractivity contribution is -0.382. The Morgan fingerprint density at radius 3 is 1.80 bits per heavy atom. The fourth-order valence-electron chi connectivity index (χ4n) is 18.9. The summed E-state index contributed by atoms with van der Waals surface area (Å²) in [7, 11) is 0. The molecule has 0 aromatic heterocycles. The summed E-state index contributed by atoms with van der Waals surface area (Å²) < 4.78 is 71.5. The molecule has 37 atom stereocenters. The van der Waals surface area contributed by atoms with E-state index in [1.807, 2.05) is 6.92 Å². The zero-order chi connectivity index (χ0) is 68.6. The Bertz CT molecular complexity index is 2680. The predicted molar refractivity (Wildman–Crippen MR) is 311 cm³/mol. The summed E-state index contributed by atoms with van der Waals surface area (Å²) in [5.74, 6) is -2.01. The average Bonchev–Trinajstić information content (AvgIpc) is 0.708. The van der Waals surface area contributed by atoms with Crippen LogP contribution in [0.1, 0.15) is 107 Å². The maximum absolute atomic E-state index is 15.5. The van der Waals surface area contributed by atoms with Gasteiger partial charge in [-0.05, 0) is 98.7 Å². The summed E-state index contributed by atoms with van der Waals surface area (Å²) in [6.45, 7) is 11.3. The second-order valence-electron chi connectivity index (χ2n) is 30.8. The molecule has 5 aliphatic carbocycles. The highest BCUT2D eigenvalue weighted by molar-refractivity contribution is 5.79. The van der Waals surface area contributed by atoms with E-state index in [0.29, 0.717) is 38.5 Å². The molecule has 0 radical (unpaired) electrons. The number of hydrogen-bond donors (Lipinski definition) is 18. The van der Waals surface area contributed by atoms with Gasteiger partial charge in [-0.3, -0.25) is 4.79 Å². The van der Waals surface area contributed by atoms with Crippen LogP contribution in [0.15, 0.2) is 11.6 Å². The van der Waals surface area contributed by atoms with E-state index < -0.39 is 262 Å². The molecular weight excluding hydrogens is 1250 g/mol. The van der Waals surface area contributed by atoms with Crippen molar-refractivity contribution in [1.29, 1.82) is 0 Å². The first kappa shape index (κ1) is 73.3. The van der Waals surface area contributed by atoms with Gasteiger partial charge in [0.05, 0.1) is 75.6 Å². The van der Waals surface area contributed by atoms with Crippen LogP contribution in [0.3, 0.4) is 0 Å². The fraction of sp³-hybridized carbons (Fsp3) is 0.952. The van der Waals surface area contributed by atoms with Crippen molar-refractivity contribution in [2.24, 2.45) is 50.2 Å². The number of allylic oxidation sites excluding steroid dienone is 2. The second kappa shape index (κ2) is 26.8. The number of rotatable bonds is 15. The van der Waals surface area contributed by atoms with E-state index in [1.165, 1.54) is 13.8 Å². The van der Waals surface area contributed by atoms with Crippen molar-refractivity contribution in [3.63, 3.8) is 0 Å². The molecule has 31 heteroatoms. The van der Waals surface area contributed by atoms with Crippen LogP contribution in [0.25, 0.3) is 0 Å². The molecule has 0 aromatic carbocycles. The molecule has 18 N–H and O–H groups in total. The van der Waals surface area contributed by atoms with Gasteiger partial charge in [-0.1, -0.05) is 53.2 Å². The Balaban J connectivity index is 0.794. The third-order valence-electron chi connectivity index (χ3n) is 24.5. The molecule has 10 fully saturated rings. The van der Waals surface area contributed by atoms with Gasteiger partial charge < -0.3 is 149 Å². The number of fused-ring (bicyclic) bond motifs is 7. The lowest BCUT2D eigenvalue weighted by atomic mass is 9.33. The van der Waals surface area contributed by atoms with Gasteiger partial charge in [0, 0.05) is 11.3 Å². The standard InChI is InChI=1S/C63H102O31/c1-24-34(70)37(73)40(76)51(86-24)91-45-32(89-55-48(80)63(82,22-66)23-85-55)20-84-50(43(45)79)90-44-25(2)87-52(42(78)39(44)75)92-46-35(71)30(69)19-83-54(46)94-56(81)62-13-11-57(3,4)15-27(62)26-9-10-33-58(5)16-29(68)49(93-53-41(77)38(74)36(72)31(18-64)88-53)59(6,21-65)47(58)28(67)17-61(33,8)60(26,7)12-14-62/h9,24-25,27-55,64-80,82H,10-23H2,1-8H3/t24?,25-,27?,28+,29-,30?,31?,32?,33?,34?,35?,36?,37?,38?,39-,40?,41?,42+,43?,44-,45?,46?,47?,48-,49-,50?,51?,52-,53?,54?,55+,58+,59-,60+,61+,62-,63+/m0/s1. The Morgan fingerprint density at radius 2 is 1.15 bits per heavy atom. The van der Waals surface area contributed by atoms with E-state index in [-0.39, 0.29) is 24.2 Å². The minimum Gasteiger partial charge on any atom is -0.432 e. The predicted octanol–water partition coefficient (Wildman–Crippen LogP) is -5.50. The molecule has 4 saturated carbocycles. The van der Waals surface area contributed by atoms with Gasteiger partial charge in [0.2, 0.25) is 6.29 Å². The van der Waals surface area contributed by atoms with Crippen molar-refractivity contribution in [2.75, 3.05) is 39.6 Å². The van der Waals surface area contributed by atoms with Crippen molar-refractivity contribution in [1.82, 2.24) is 0 Å². The molecule has 6 heterocycles. The minimum absolute atomic E-state index is 0.0865. The van der Waals surface area contributed by atoms with Crippen LogP contribution in [-0.4, -0.2) is 315 Å². The van der Waals surface area contributed by atoms with Crippen LogP contribution < -0.4 is 0 Å². The van der Waals surface area contributed by atoms with Gasteiger partial charge >= 0.3 is 5.97 Å². The Morgan fingerprint density at radius 1 is 0.543 bits per heavy atom. The Kier molecular flexibility index (Phi) is 20.9. The molecule has 21 unspecified atom stereocenters. The summed E-state index contributed by atoms with van der Waals surface area (Å²) in [4.78, 5) is 15.5. The largest absolute Gasteiger partial charge is 0.432 e. The number of esters is 1. The fourth-order valence-corrected chi connectivity index (χ4v) is 18.9. The lowest BCUT2D eigenvalue weighted by Gasteiger charge is -2.72. The quantitative estimate of drug-likeness (QED) is 0.0413. The number of aliphatic hydroxyl groups excluding tert-OH is 17. The summed E-state index contributed by atoms with van der Waals surface area (Å²) in [5, 5.41) is 200. The molecular formula is C63H102O31. The van der Waals surface area contributed by atoms with Gasteiger partial charge in [-0.2, -0.15) is 0 Å². The van der Waals surface area contributed by atoms with Crippen LogP contribution in [0.4, 0.5) is 0 Å². The first-order valence-corrected chi connectivity index (χ1v) is 33.1. The lowest BCUT2D eigenvalue weighted by Crippen LogP contribution is -2.72. The Labute approximate surface area is 543 Å². The van der Waals surface area contributed by atoms with Gasteiger partial charge in [-0.25, -0.2) is 0 Å². The zero-order valence-corrected chi connectivity index (χ0v) is 54.2. The number of ether oxygens (including phenoxy) is 12. The number of carbonyl (C=O) groups is 1. The van der Waals surface area contributed by atoms with Crippen molar-refractivity contribution >= 4 is 5.97 Å². The molecule has 6 aliphatic heterocycles. The maximum Gasteiger partial charge on any atom is 0.315 e. The third kappa shape index (κ3) is 12.1. The molecule has 31 nitrogen and oxygen atoms in total. The van der Waals surface area contributed by atoms with E-state index in [2.05, 4.69) is 33.8 Å². The molecule has 0 spiro atoms. The molecule has 11 aliphatic rings. The van der Waals surface area contributed by atoms with Crippen molar-refractivity contribution in [3.05, 3.63) is 11.6 Å². The van der Waals surface area contributed by atoms with E-state index in [0.717, 1.165) is 5.57 Å². The van der Waals surface area contributed by atoms with Gasteiger partial charge in [0.1, 0.15) is 103 Å². The molecule has 94 heavy (non-hydrogen) atoms. The molecule has 11 rings (SSSR count). The number of aliphatic hydroxyl groups is 18. The Hall–Kier alpha value is -1.95. The highest BCUT2D eigenvalue weighted by Crippen LogP contribution is 2.76. The van der Waals surface area contributed by atoms with Gasteiger partial charge in [0.25, 0.3) is 0 Å². The SMILES string of the molecule is CC1OC(OC2C(O[C@H]3OC[C@](O)(CO)[C@H]3O)COC(O[C@@H]3[C@@H](O)[C@@H](O)[C@H](OC4C(OC(=O)[C@]56CCC(C)(C)CC5C5=CCC7[C@@]8(C)C[C@H](O)[C@H](OC9OC(CO)C(O)C(O)C9O)[C@@](C)(CO)C8[C@H](O)C[C@@]7(C)[C@]5(C)CC6)OCC(O)C4O)O[C@H]3C)C2O)C(O)C(O)C1O. The van der Waals surface area contributed by atoms with Crippen LogP contribution in [-0.2, 0) is 61.6 Å². The van der Waals surface area contributed by atoms with Crippen LogP contribution in [0.5, 0.6) is 0 Å². The highest BCUT2D eigenvalue weighted by Gasteiger charge is 2.74. The zero-order valence-electron chi connectivity index (χ0n) is 54.2. The van der Waals surface area contributed by atoms with E-state index in [9.17, 15) is 91.9 Å². The summed E-state index contributed by atoms with van der Waals surface area (Å²) in [6.07, 6.45) is -40.2. The monoisotopic (exact) mass is 1350 g/mol. The molecule has 0 bridgehead atoms. The average molecular weight is 1360 g/mol. The normalized spacial score (nSPS) is 55.9. The summed E-state index contributed by atoms with van der Waals surface area (Å²) in [5.41, 5.74) is -6.15. The summed E-state index contributed by atoms with van der Waals surface area (Å²) >= 11 is 0. The topological polar surface area (TPSA) is 492 Å². The van der Waals surface area contributed by atoms with E-state index >= 15 is 4.79 Å². The first-order valence-electron chi connectivity index (χ1n) is 33.1. The van der Waals surface area contributed by atoms with Gasteiger partial charge in [0.15, 0.2) is 37.6 Å². The van der Waals surface area contributed by atoms with Crippen molar-refractivity contribution < 1.29 is 154 Å².